The molecule has 0 saturated carbocycles. The maximum Gasteiger partial charge on any atom is 0.260 e. The van der Waals surface area contributed by atoms with E-state index in [1.165, 1.54) is 50.9 Å². The molecule has 0 aliphatic rings. The zero-order chi connectivity index (χ0) is 27.4. The Labute approximate surface area is 223 Å². The number of unbranched alkanes of at least 4 members (excludes halogenated alkanes) is 1. The van der Waals surface area contributed by atoms with Crippen LogP contribution in [-0.2, 0) is 19.9 Å². The summed E-state index contributed by atoms with van der Waals surface area (Å²) >= 11 is 1.24. The van der Waals surface area contributed by atoms with E-state index in [-0.39, 0.29) is 15.7 Å². The first-order valence-electron chi connectivity index (χ1n) is 12.1. The minimum atomic E-state index is -3.66. The fourth-order valence-corrected chi connectivity index (χ4v) is 7.17. The largest absolute Gasteiger partial charge is 0.308 e. The second-order valence-corrected chi connectivity index (χ2v) is 13.9. The first-order chi connectivity index (χ1) is 17.4. The number of fused-ring (bicyclic) bond motifs is 1. The van der Waals surface area contributed by atoms with E-state index in [0.29, 0.717) is 47.1 Å². The quantitative estimate of drug-likeness (QED) is 0.329. The Morgan fingerprint density at radius 1 is 0.946 bits per heavy atom. The van der Waals surface area contributed by atoms with E-state index in [1.807, 2.05) is 25.9 Å². The van der Waals surface area contributed by atoms with Gasteiger partial charge in [-0.3, -0.25) is 9.69 Å². The van der Waals surface area contributed by atoms with Crippen molar-refractivity contribution in [3.63, 3.8) is 0 Å². The molecule has 2 aromatic carbocycles. The summed E-state index contributed by atoms with van der Waals surface area (Å²) in [7, 11) is -3.39. The van der Waals surface area contributed by atoms with Crippen molar-refractivity contribution in [1.82, 2.24) is 14.2 Å². The van der Waals surface area contributed by atoms with E-state index >= 15 is 0 Å². The Morgan fingerprint density at radius 2 is 1.62 bits per heavy atom. The lowest BCUT2D eigenvalue weighted by Crippen LogP contribution is -2.36. The number of thiazole rings is 1. The molecule has 0 fully saturated rings. The van der Waals surface area contributed by atoms with Gasteiger partial charge in [-0.15, -0.1) is 0 Å². The van der Waals surface area contributed by atoms with Gasteiger partial charge < -0.3 is 4.90 Å². The smallest absolute Gasteiger partial charge is 0.260 e. The fourth-order valence-electron chi connectivity index (χ4n) is 3.77. The number of amides is 1. The van der Waals surface area contributed by atoms with Crippen molar-refractivity contribution in [2.45, 2.75) is 36.5 Å². The molecule has 9 nitrogen and oxygen atoms in total. The lowest BCUT2D eigenvalue weighted by molar-refractivity contribution is 0.0985. The van der Waals surface area contributed by atoms with Gasteiger partial charge >= 0.3 is 0 Å². The van der Waals surface area contributed by atoms with Gasteiger partial charge in [-0.05, 0) is 56.9 Å². The molecule has 1 amide bonds. The summed E-state index contributed by atoms with van der Waals surface area (Å²) in [5.41, 5.74) is 0.651. The molecule has 0 atom stereocenters. The molecule has 37 heavy (non-hydrogen) atoms. The summed E-state index contributed by atoms with van der Waals surface area (Å²) < 4.78 is 52.8. The third-order valence-corrected chi connectivity index (χ3v) is 10.0. The molecule has 0 spiro atoms. The number of hydrogen-bond donors (Lipinski definition) is 0. The summed E-state index contributed by atoms with van der Waals surface area (Å²) in [5.74, 6) is -0.343. The third-order valence-electron chi connectivity index (χ3n) is 5.87. The third kappa shape index (κ3) is 6.74. The summed E-state index contributed by atoms with van der Waals surface area (Å²) in [6.07, 6.45) is 2.79. The lowest BCUT2D eigenvalue weighted by Gasteiger charge is -2.23. The highest BCUT2D eigenvalue weighted by Crippen LogP contribution is 2.33. The van der Waals surface area contributed by atoms with Gasteiger partial charge in [0.05, 0.1) is 14.5 Å². The van der Waals surface area contributed by atoms with Crippen LogP contribution in [0.5, 0.6) is 0 Å². The number of nitrogens with zero attached hydrogens (tertiary/aromatic N) is 4. The second-order valence-electron chi connectivity index (χ2n) is 9.01. The molecule has 0 aliphatic carbocycles. The van der Waals surface area contributed by atoms with Crippen LogP contribution in [-0.4, -0.2) is 83.5 Å². The van der Waals surface area contributed by atoms with Gasteiger partial charge in [0.2, 0.25) is 10.0 Å². The standard InChI is InChI=1S/C25H34N4O5S3/c1-6-8-16-28(7-2)37(33,34)20-14-12-19(13-15-20)24(30)29(18-17-27(3)4)25-26-23-21(35-25)10-9-11-22(23)36(5,31)32/h9-15H,6-8,16-18H2,1-5H3. The number of anilines is 1. The van der Waals surface area contributed by atoms with Crippen molar-refractivity contribution in [3.05, 3.63) is 48.0 Å². The molecule has 0 unspecified atom stereocenters. The van der Waals surface area contributed by atoms with Crippen LogP contribution < -0.4 is 4.90 Å². The minimum Gasteiger partial charge on any atom is -0.308 e. The number of sulfone groups is 1. The zero-order valence-electron chi connectivity index (χ0n) is 21.8. The highest BCUT2D eigenvalue weighted by Gasteiger charge is 2.26. The van der Waals surface area contributed by atoms with Crippen LogP contribution in [0.3, 0.4) is 0 Å². The summed E-state index contributed by atoms with van der Waals surface area (Å²) in [5, 5.41) is 0.381. The van der Waals surface area contributed by atoms with Crippen molar-refractivity contribution < 1.29 is 21.6 Å². The molecule has 0 aliphatic heterocycles. The topological polar surface area (TPSA) is 108 Å². The van der Waals surface area contributed by atoms with E-state index in [2.05, 4.69) is 4.98 Å². The van der Waals surface area contributed by atoms with Crippen molar-refractivity contribution in [2.24, 2.45) is 0 Å². The Morgan fingerprint density at radius 3 is 2.19 bits per heavy atom. The van der Waals surface area contributed by atoms with Crippen molar-refractivity contribution >= 4 is 52.5 Å². The fraction of sp³-hybridized carbons (Fsp3) is 0.440. The molecule has 1 aromatic heterocycles. The number of likely N-dealkylation sites (N-methyl/N-ethyl adjacent to an activating group) is 1. The van der Waals surface area contributed by atoms with Crippen LogP contribution >= 0.6 is 11.3 Å². The van der Waals surface area contributed by atoms with E-state index in [4.69, 9.17) is 0 Å². The molecule has 0 bridgehead atoms. The Kier molecular flexibility index (Phi) is 9.46. The molecular weight excluding hydrogens is 532 g/mol. The first-order valence-corrected chi connectivity index (χ1v) is 16.2. The Bertz CT molecular complexity index is 1450. The van der Waals surface area contributed by atoms with Gasteiger partial charge in [-0.2, -0.15) is 4.31 Å². The number of hydrogen-bond acceptors (Lipinski definition) is 8. The number of benzene rings is 2. The van der Waals surface area contributed by atoms with Crippen LogP contribution in [0.1, 0.15) is 37.0 Å². The van der Waals surface area contributed by atoms with Gasteiger partial charge in [0.15, 0.2) is 15.0 Å². The van der Waals surface area contributed by atoms with Gasteiger partial charge in [-0.25, -0.2) is 21.8 Å². The number of rotatable bonds is 12. The zero-order valence-corrected chi connectivity index (χ0v) is 24.3. The number of carbonyl (C=O) groups is 1. The van der Waals surface area contributed by atoms with Gasteiger partial charge in [0, 0.05) is 38.0 Å². The molecule has 3 rings (SSSR count). The number of aromatic nitrogens is 1. The highest BCUT2D eigenvalue weighted by molar-refractivity contribution is 7.91. The van der Waals surface area contributed by atoms with Gasteiger partial charge in [0.1, 0.15) is 5.52 Å². The molecular formula is C25H34N4O5S3. The summed E-state index contributed by atoms with van der Waals surface area (Å²) in [4.78, 5) is 21.9. The van der Waals surface area contributed by atoms with E-state index in [9.17, 15) is 21.6 Å². The number of carbonyl (C=O) groups excluding carboxylic acids is 1. The Hall–Kier alpha value is -2.38. The van der Waals surface area contributed by atoms with Crippen LogP contribution in [0.4, 0.5) is 5.13 Å². The van der Waals surface area contributed by atoms with Crippen molar-refractivity contribution in [3.8, 4) is 0 Å². The van der Waals surface area contributed by atoms with E-state index < -0.39 is 19.9 Å². The average molecular weight is 567 g/mol. The molecule has 3 aromatic rings. The molecule has 0 saturated heterocycles. The number of sulfonamides is 1. The monoisotopic (exact) mass is 566 g/mol. The predicted molar refractivity (Wildman–Crippen MR) is 149 cm³/mol. The average Bonchev–Trinajstić information content (AvgIpc) is 3.27. The second kappa shape index (κ2) is 12.0. The summed E-state index contributed by atoms with van der Waals surface area (Å²) in [6, 6.07) is 10.9. The lowest BCUT2D eigenvalue weighted by atomic mass is 10.2. The minimum absolute atomic E-state index is 0.116. The summed E-state index contributed by atoms with van der Waals surface area (Å²) in [6.45, 7) is 5.50. The highest BCUT2D eigenvalue weighted by atomic mass is 32.2. The number of para-hydroxylation sites is 1. The van der Waals surface area contributed by atoms with Crippen molar-refractivity contribution in [2.75, 3.05) is 51.4 Å². The van der Waals surface area contributed by atoms with Crippen LogP contribution in [0, 0.1) is 0 Å². The molecule has 202 valence electrons. The first kappa shape index (κ1) is 29.2. The van der Waals surface area contributed by atoms with Crippen molar-refractivity contribution in [1.29, 1.82) is 0 Å². The molecule has 0 radical (unpaired) electrons. The Balaban J connectivity index is 1.98. The molecule has 1 heterocycles. The normalized spacial score (nSPS) is 12.5. The molecule has 0 N–H and O–H groups in total. The van der Waals surface area contributed by atoms with Crippen LogP contribution in [0.2, 0.25) is 0 Å². The SMILES string of the molecule is CCCCN(CC)S(=O)(=O)c1ccc(C(=O)N(CCN(C)C)c2nc3c(S(C)(=O)=O)cccc3s2)cc1. The van der Waals surface area contributed by atoms with Crippen LogP contribution in [0.25, 0.3) is 10.2 Å². The van der Waals surface area contributed by atoms with E-state index in [0.717, 1.165) is 19.1 Å². The maximum absolute atomic E-state index is 13.6. The van der Waals surface area contributed by atoms with E-state index in [1.54, 1.807) is 19.1 Å². The molecule has 12 heteroatoms. The van der Waals surface area contributed by atoms with Gasteiger partial charge in [0.25, 0.3) is 5.91 Å². The van der Waals surface area contributed by atoms with Crippen LogP contribution in [0.15, 0.2) is 52.3 Å². The maximum atomic E-state index is 13.6. The van der Waals surface area contributed by atoms with Gasteiger partial charge in [-0.1, -0.05) is 37.7 Å². The predicted octanol–water partition coefficient (Wildman–Crippen LogP) is 3.72.